The molecule has 0 aromatic heterocycles. The summed E-state index contributed by atoms with van der Waals surface area (Å²) in [6.07, 6.45) is 0.986. The molecule has 26 heavy (non-hydrogen) atoms. The van der Waals surface area contributed by atoms with E-state index in [-0.39, 0.29) is 10.8 Å². The molecule has 2 aromatic rings. The number of thiocarbonyl (C=S) groups is 1. The van der Waals surface area contributed by atoms with Crippen LogP contribution >= 0.6 is 12.2 Å². The fourth-order valence-corrected chi connectivity index (χ4v) is 2.79. The van der Waals surface area contributed by atoms with Crippen LogP contribution in [0.25, 0.3) is 0 Å². The molecule has 0 aliphatic heterocycles. The van der Waals surface area contributed by atoms with E-state index in [4.69, 9.17) is 12.2 Å². The summed E-state index contributed by atoms with van der Waals surface area (Å²) in [6, 6.07) is 12.0. The number of nitrogens with one attached hydrogen (secondary N) is 2. The Bertz CT molecular complexity index is 852. The van der Waals surface area contributed by atoms with Gasteiger partial charge in [0.1, 0.15) is 0 Å². The van der Waals surface area contributed by atoms with Crippen molar-refractivity contribution in [1.29, 1.82) is 0 Å². The van der Waals surface area contributed by atoms with Crippen molar-refractivity contribution >= 4 is 34.6 Å². The third-order valence-corrected chi connectivity index (χ3v) is 4.44. The van der Waals surface area contributed by atoms with Gasteiger partial charge in [0.05, 0.1) is 4.92 Å². The standard InChI is InChI=1S/C19H21N3O3S/c1-4-12(2)15-7-5-6-8-16(15)20-19(26)21-18(23)14-9-10-17(22(24)25)13(3)11-14/h5-12H,4H2,1-3H3,(H2,20,21,23,26). The Morgan fingerprint density at radius 3 is 2.58 bits per heavy atom. The van der Waals surface area contributed by atoms with Gasteiger partial charge in [0.2, 0.25) is 0 Å². The van der Waals surface area contributed by atoms with E-state index < -0.39 is 10.8 Å². The normalized spacial score (nSPS) is 11.5. The highest BCUT2D eigenvalue weighted by molar-refractivity contribution is 7.80. The second-order valence-electron chi connectivity index (χ2n) is 6.06. The zero-order chi connectivity index (χ0) is 19.3. The Balaban J connectivity index is 2.10. The Labute approximate surface area is 157 Å². The van der Waals surface area contributed by atoms with Crippen LogP contribution in [0.1, 0.15) is 47.7 Å². The van der Waals surface area contributed by atoms with Gasteiger partial charge in [-0.05, 0) is 55.2 Å². The first kappa shape index (κ1) is 19.5. The Morgan fingerprint density at radius 1 is 1.27 bits per heavy atom. The molecular formula is C19H21N3O3S. The second-order valence-corrected chi connectivity index (χ2v) is 6.47. The predicted molar refractivity (Wildman–Crippen MR) is 107 cm³/mol. The third-order valence-electron chi connectivity index (χ3n) is 4.24. The van der Waals surface area contributed by atoms with Gasteiger partial charge in [-0.3, -0.25) is 20.2 Å². The lowest BCUT2D eigenvalue weighted by Gasteiger charge is -2.17. The van der Waals surface area contributed by atoms with Gasteiger partial charge in [-0.25, -0.2) is 0 Å². The highest BCUT2D eigenvalue weighted by Gasteiger charge is 2.15. The summed E-state index contributed by atoms with van der Waals surface area (Å²) in [5, 5.41) is 16.7. The maximum Gasteiger partial charge on any atom is 0.272 e. The molecule has 0 aliphatic rings. The van der Waals surface area contributed by atoms with Crippen LogP contribution in [-0.2, 0) is 0 Å². The smallest absolute Gasteiger partial charge is 0.272 e. The lowest BCUT2D eigenvalue weighted by atomic mass is 9.97. The molecule has 7 heteroatoms. The van der Waals surface area contributed by atoms with Crippen LogP contribution in [0.2, 0.25) is 0 Å². The number of aryl methyl sites for hydroxylation is 1. The zero-order valence-electron chi connectivity index (χ0n) is 14.9. The SMILES string of the molecule is CCC(C)c1ccccc1NC(=S)NC(=O)c1ccc([N+](=O)[O-])c(C)c1. The average molecular weight is 371 g/mol. The van der Waals surface area contributed by atoms with Crippen LogP contribution < -0.4 is 10.6 Å². The van der Waals surface area contributed by atoms with Gasteiger partial charge in [0.15, 0.2) is 5.11 Å². The van der Waals surface area contributed by atoms with Crippen molar-refractivity contribution in [1.82, 2.24) is 5.32 Å². The van der Waals surface area contributed by atoms with Gasteiger partial charge < -0.3 is 5.32 Å². The second kappa shape index (κ2) is 8.53. The first-order chi connectivity index (χ1) is 12.3. The Kier molecular flexibility index (Phi) is 6.41. The van der Waals surface area contributed by atoms with Crippen LogP contribution in [0, 0.1) is 17.0 Å². The number of anilines is 1. The summed E-state index contributed by atoms with van der Waals surface area (Å²) < 4.78 is 0. The fraction of sp³-hybridized carbons (Fsp3) is 0.263. The monoisotopic (exact) mass is 371 g/mol. The van der Waals surface area contributed by atoms with Gasteiger partial charge in [-0.2, -0.15) is 0 Å². The minimum atomic E-state index is -0.477. The van der Waals surface area contributed by atoms with Crippen molar-refractivity contribution in [2.45, 2.75) is 33.1 Å². The van der Waals surface area contributed by atoms with Gasteiger partial charge in [-0.15, -0.1) is 0 Å². The first-order valence-electron chi connectivity index (χ1n) is 8.29. The highest BCUT2D eigenvalue weighted by Crippen LogP contribution is 2.26. The molecule has 0 saturated heterocycles. The van der Waals surface area contributed by atoms with Crippen LogP contribution in [-0.4, -0.2) is 15.9 Å². The molecule has 6 nitrogen and oxygen atoms in total. The molecule has 136 valence electrons. The third kappa shape index (κ3) is 4.64. The largest absolute Gasteiger partial charge is 0.332 e. The molecule has 1 unspecified atom stereocenters. The maximum atomic E-state index is 12.3. The van der Waals surface area contributed by atoms with Crippen molar-refractivity contribution < 1.29 is 9.72 Å². The number of carbonyl (C=O) groups is 1. The maximum absolute atomic E-state index is 12.3. The Morgan fingerprint density at radius 2 is 1.96 bits per heavy atom. The van der Waals surface area contributed by atoms with E-state index in [1.165, 1.54) is 18.2 Å². The summed E-state index contributed by atoms with van der Waals surface area (Å²) >= 11 is 5.24. The number of hydrogen-bond acceptors (Lipinski definition) is 4. The van der Waals surface area contributed by atoms with Crippen molar-refractivity contribution in [2.75, 3.05) is 5.32 Å². The number of nitrogens with zero attached hydrogens (tertiary/aromatic N) is 1. The number of nitro groups is 1. The summed E-state index contributed by atoms with van der Waals surface area (Å²) in [5.41, 5.74) is 2.69. The molecule has 0 radical (unpaired) electrons. The number of amides is 1. The van der Waals surface area contributed by atoms with E-state index in [1.54, 1.807) is 6.92 Å². The summed E-state index contributed by atoms with van der Waals surface area (Å²) in [7, 11) is 0. The topological polar surface area (TPSA) is 84.3 Å². The zero-order valence-corrected chi connectivity index (χ0v) is 15.7. The van der Waals surface area contributed by atoms with Gasteiger partial charge in [0.25, 0.3) is 11.6 Å². The lowest BCUT2D eigenvalue weighted by molar-refractivity contribution is -0.385. The molecule has 0 fully saturated rings. The van der Waals surface area contributed by atoms with Crippen LogP contribution in [0.3, 0.4) is 0 Å². The Hall–Kier alpha value is -2.80. The summed E-state index contributed by atoms with van der Waals surface area (Å²) in [6.45, 7) is 5.83. The van der Waals surface area contributed by atoms with E-state index in [0.717, 1.165) is 17.7 Å². The van der Waals surface area contributed by atoms with Gasteiger partial charge in [-0.1, -0.05) is 32.0 Å². The number of hydrogen-bond donors (Lipinski definition) is 2. The van der Waals surface area contributed by atoms with Gasteiger partial charge in [0, 0.05) is 22.9 Å². The molecule has 2 N–H and O–H groups in total. The summed E-state index contributed by atoms with van der Waals surface area (Å²) in [4.78, 5) is 22.7. The number of benzene rings is 2. The number of nitro benzene ring substituents is 1. The molecule has 0 bridgehead atoms. The molecule has 0 aliphatic carbocycles. The van der Waals surface area contributed by atoms with Crippen LogP contribution in [0.5, 0.6) is 0 Å². The van der Waals surface area contributed by atoms with E-state index in [2.05, 4.69) is 24.5 Å². The van der Waals surface area contributed by atoms with Gasteiger partial charge >= 0.3 is 0 Å². The van der Waals surface area contributed by atoms with Crippen LogP contribution in [0.15, 0.2) is 42.5 Å². The lowest BCUT2D eigenvalue weighted by Crippen LogP contribution is -2.34. The molecule has 1 amide bonds. The number of para-hydroxylation sites is 1. The van der Waals surface area contributed by atoms with Crippen LogP contribution in [0.4, 0.5) is 11.4 Å². The number of rotatable bonds is 5. The fourth-order valence-electron chi connectivity index (χ4n) is 2.59. The van der Waals surface area contributed by atoms with E-state index in [0.29, 0.717) is 17.0 Å². The quantitative estimate of drug-likeness (QED) is 0.458. The molecule has 0 saturated carbocycles. The molecule has 2 rings (SSSR count). The van der Waals surface area contributed by atoms with E-state index >= 15 is 0 Å². The van der Waals surface area contributed by atoms with Crippen molar-refractivity contribution in [3.63, 3.8) is 0 Å². The minimum absolute atomic E-state index is 0.0234. The molecule has 1 atom stereocenters. The summed E-state index contributed by atoms with van der Waals surface area (Å²) in [5.74, 6) is -0.0592. The highest BCUT2D eigenvalue weighted by atomic mass is 32.1. The number of carbonyl (C=O) groups excluding carboxylic acids is 1. The minimum Gasteiger partial charge on any atom is -0.332 e. The van der Waals surface area contributed by atoms with Crippen molar-refractivity contribution in [3.05, 3.63) is 69.3 Å². The molecular weight excluding hydrogens is 350 g/mol. The van der Waals surface area contributed by atoms with Crippen molar-refractivity contribution in [2.24, 2.45) is 0 Å². The van der Waals surface area contributed by atoms with E-state index in [1.807, 2.05) is 24.3 Å². The van der Waals surface area contributed by atoms with Crippen molar-refractivity contribution in [3.8, 4) is 0 Å². The molecule has 0 heterocycles. The molecule has 2 aromatic carbocycles. The average Bonchev–Trinajstić information content (AvgIpc) is 2.60. The predicted octanol–water partition coefficient (Wildman–Crippen LogP) is 4.54. The molecule has 0 spiro atoms. The van der Waals surface area contributed by atoms with E-state index in [9.17, 15) is 14.9 Å². The first-order valence-corrected chi connectivity index (χ1v) is 8.70.